The van der Waals surface area contributed by atoms with Crippen molar-refractivity contribution in [1.29, 1.82) is 10.5 Å². The lowest BCUT2D eigenvalue weighted by Crippen LogP contribution is -2.55. The average Bonchev–Trinajstić information content (AvgIpc) is 3.49. The van der Waals surface area contributed by atoms with E-state index >= 15 is 0 Å². The van der Waals surface area contributed by atoms with Crippen LogP contribution in [0.3, 0.4) is 0 Å². The number of ether oxygens (including phenoxy) is 1. The Morgan fingerprint density at radius 1 is 1.13 bits per heavy atom. The fourth-order valence-electron chi connectivity index (χ4n) is 5.80. The molecule has 1 saturated heterocycles. The summed E-state index contributed by atoms with van der Waals surface area (Å²) in [6.07, 6.45) is 2.14. The van der Waals surface area contributed by atoms with Crippen molar-refractivity contribution in [1.82, 2.24) is 15.2 Å². The summed E-state index contributed by atoms with van der Waals surface area (Å²) in [6, 6.07) is 13.2. The quantitative estimate of drug-likeness (QED) is 0.510. The highest BCUT2D eigenvalue weighted by molar-refractivity contribution is 6.05. The first-order chi connectivity index (χ1) is 18.1. The van der Waals surface area contributed by atoms with Crippen molar-refractivity contribution in [2.45, 2.75) is 70.2 Å². The predicted octanol–water partition coefficient (Wildman–Crippen LogP) is 3.89. The first kappa shape index (κ1) is 25.3. The van der Waals surface area contributed by atoms with Crippen LogP contribution in [0.25, 0.3) is 21.7 Å². The molecule has 2 amide bonds. The highest BCUT2D eigenvalue weighted by Gasteiger charge is 2.52. The summed E-state index contributed by atoms with van der Waals surface area (Å²) >= 11 is 0. The Bertz CT molecular complexity index is 1590. The number of piperidine rings is 1. The smallest absolute Gasteiger partial charge is 0.411 e. The third-order valence-electron chi connectivity index (χ3n) is 7.39. The molecular weight excluding hydrogens is 482 g/mol. The Labute approximate surface area is 220 Å². The van der Waals surface area contributed by atoms with Crippen molar-refractivity contribution < 1.29 is 14.3 Å². The van der Waals surface area contributed by atoms with E-state index in [0.717, 1.165) is 24.6 Å². The number of hydrogen-bond donors (Lipinski definition) is 2. The van der Waals surface area contributed by atoms with Gasteiger partial charge in [0.05, 0.1) is 17.7 Å². The van der Waals surface area contributed by atoms with Gasteiger partial charge in [-0.1, -0.05) is 12.1 Å². The third-order valence-corrected chi connectivity index (χ3v) is 7.39. The molecule has 9 heteroatoms. The van der Waals surface area contributed by atoms with Gasteiger partial charge in [0.15, 0.2) is 0 Å². The standard InChI is InChI=1S/C29H29N5O4/c1-29(2,3)38-28(37)34-20-7-6-18(13-20)25(34)27(36)32-19(15-31)10-16-4-8-21-22-12-17(14-30)5-9-24(22)33-26(35)23(21)11-16/h4-5,8-9,11-12,18-20,25H,6-7,10,13H2,1-3H3,(H,32,36)(H,33,35)/t18-,19?,20+,25-/m0/s1. The minimum atomic E-state index is -0.843. The summed E-state index contributed by atoms with van der Waals surface area (Å²) < 4.78 is 5.57. The van der Waals surface area contributed by atoms with Crippen LogP contribution in [0.2, 0.25) is 0 Å². The number of hydrogen-bond acceptors (Lipinski definition) is 6. The molecule has 4 atom stereocenters. The van der Waals surface area contributed by atoms with Crippen LogP contribution < -0.4 is 10.9 Å². The van der Waals surface area contributed by atoms with Gasteiger partial charge < -0.3 is 15.0 Å². The number of carbonyl (C=O) groups is 2. The van der Waals surface area contributed by atoms with Crippen molar-refractivity contribution in [3.8, 4) is 12.1 Å². The fraction of sp³-hybridized carbons (Fsp3) is 0.414. The molecule has 2 fully saturated rings. The van der Waals surface area contributed by atoms with E-state index in [4.69, 9.17) is 4.74 Å². The van der Waals surface area contributed by atoms with Gasteiger partial charge in [0.25, 0.3) is 5.56 Å². The van der Waals surface area contributed by atoms with Crippen LogP contribution in [-0.4, -0.2) is 45.6 Å². The van der Waals surface area contributed by atoms with Gasteiger partial charge in [-0.25, -0.2) is 4.79 Å². The lowest BCUT2D eigenvalue weighted by atomic mass is 9.96. The average molecular weight is 512 g/mol. The zero-order valence-corrected chi connectivity index (χ0v) is 21.6. The zero-order chi connectivity index (χ0) is 27.2. The summed E-state index contributed by atoms with van der Waals surface area (Å²) in [5, 5.41) is 23.8. The normalized spacial score (nSPS) is 21.2. The maximum Gasteiger partial charge on any atom is 0.411 e. The molecule has 0 spiro atoms. The Morgan fingerprint density at radius 2 is 1.92 bits per heavy atom. The van der Waals surface area contributed by atoms with Crippen LogP contribution in [0.1, 0.15) is 51.2 Å². The van der Waals surface area contributed by atoms with Gasteiger partial charge in [-0.3, -0.25) is 14.5 Å². The number of aromatic nitrogens is 1. The molecule has 2 heterocycles. The lowest BCUT2D eigenvalue weighted by Gasteiger charge is -2.35. The lowest BCUT2D eigenvalue weighted by molar-refractivity contribution is -0.128. The van der Waals surface area contributed by atoms with Gasteiger partial charge in [0.2, 0.25) is 5.91 Å². The van der Waals surface area contributed by atoms with Crippen LogP contribution >= 0.6 is 0 Å². The molecule has 2 N–H and O–H groups in total. The monoisotopic (exact) mass is 511 g/mol. The van der Waals surface area contributed by atoms with Crippen LogP contribution in [0, 0.1) is 28.6 Å². The summed E-state index contributed by atoms with van der Waals surface area (Å²) in [5.41, 5.74) is 0.888. The molecule has 2 aromatic carbocycles. The number of likely N-dealkylation sites (tertiary alicyclic amines) is 1. The van der Waals surface area contributed by atoms with Gasteiger partial charge in [-0.2, -0.15) is 10.5 Å². The molecule has 9 nitrogen and oxygen atoms in total. The topological polar surface area (TPSA) is 139 Å². The van der Waals surface area contributed by atoms with Gasteiger partial charge in [0, 0.05) is 28.8 Å². The van der Waals surface area contributed by atoms with Crippen LogP contribution in [-0.2, 0) is 16.0 Å². The largest absolute Gasteiger partial charge is 0.444 e. The van der Waals surface area contributed by atoms with E-state index in [0.29, 0.717) is 27.4 Å². The number of aromatic amines is 1. The number of amides is 2. The molecule has 0 radical (unpaired) electrons. The molecular formula is C29H29N5O4. The maximum absolute atomic E-state index is 13.4. The third kappa shape index (κ3) is 4.68. The van der Waals surface area contributed by atoms with Crippen LogP contribution in [0.5, 0.6) is 0 Å². The van der Waals surface area contributed by atoms with Crippen LogP contribution in [0.4, 0.5) is 4.79 Å². The number of H-pyrrole nitrogens is 1. The molecule has 1 unspecified atom stereocenters. The Hall–Kier alpha value is -4.37. The highest BCUT2D eigenvalue weighted by atomic mass is 16.6. The molecule has 1 saturated carbocycles. The summed E-state index contributed by atoms with van der Waals surface area (Å²) in [4.78, 5) is 43.4. The number of nitrogens with zero attached hydrogens (tertiary/aromatic N) is 3. The zero-order valence-electron chi connectivity index (χ0n) is 21.6. The molecule has 38 heavy (non-hydrogen) atoms. The summed E-state index contributed by atoms with van der Waals surface area (Å²) in [6.45, 7) is 5.37. The van der Waals surface area contributed by atoms with Gasteiger partial charge in [0.1, 0.15) is 17.7 Å². The van der Waals surface area contributed by atoms with Gasteiger partial charge in [-0.15, -0.1) is 0 Å². The van der Waals surface area contributed by atoms with E-state index < -0.39 is 23.8 Å². The SMILES string of the molecule is CC(C)(C)OC(=O)N1[C@@H]2CC[C@@H](C2)[C@H]1C(=O)NC(C#N)Cc1ccc2c(c1)c(=O)[nH]c1ccc(C#N)cc12. The van der Waals surface area contributed by atoms with E-state index in [1.54, 1.807) is 56.0 Å². The number of fused-ring (bicyclic) bond motifs is 5. The summed E-state index contributed by atoms with van der Waals surface area (Å²) in [7, 11) is 0. The molecule has 5 rings (SSSR count). The van der Waals surface area contributed by atoms with E-state index in [2.05, 4.69) is 22.4 Å². The number of pyridine rings is 1. The second-order valence-corrected chi connectivity index (χ2v) is 11.2. The second kappa shape index (κ2) is 9.50. The Morgan fingerprint density at radius 3 is 2.63 bits per heavy atom. The predicted molar refractivity (Wildman–Crippen MR) is 141 cm³/mol. The Kier molecular flexibility index (Phi) is 6.32. The fourth-order valence-corrected chi connectivity index (χ4v) is 5.80. The summed E-state index contributed by atoms with van der Waals surface area (Å²) in [5.74, 6) is -0.319. The van der Waals surface area contributed by atoms with E-state index in [-0.39, 0.29) is 29.8 Å². The van der Waals surface area contributed by atoms with E-state index in [1.807, 2.05) is 6.07 Å². The molecule has 2 bridgehead atoms. The number of benzene rings is 2. The molecule has 2 aliphatic rings. The Balaban J connectivity index is 1.37. The molecule has 1 aliphatic carbocycles. The number of nitriles is 2. The highest BCUT2D eigenvalue weighted by Crippen LogP contribution is 2.43. The van der Waals surface area contributed by atoms with E-state index in [9.17, 15) is 24.9 Å². The van der Waals surface area contributed by atoms with Gasteiger partial charge >= 0.3 is 6.09 Å². The first-order valence-corrected chi connectivity index (χ1v) is 12.8. The van der Waals surface area contributed by atoms with Crippen molar-refractivity contribution in [2.75, 3.05) is 0 Å². The minimum Gasteiger partial charge on any atom is -0.444 e. The van der Waals surface area contributed by atoms with Crippen molar-refractivity contribution >= 4 is 33.7 Å². The van der Waals surface area contributed by atoms with Crippen molar-refractivity contribution in [3.05, 3.63) is 57.9 Å². The first-order valence-electron chi connectivity index (χ1n) is 12.8. The molecule has 194 valence electrons. The maximum atomic E-state index is 13.4. The minimum absolute atomic E-state index is 0.0327. The van der Waals surface area contributed by atoms with Gasteiger partial charge in [-0.05, 0) is 81.2 Å². The molecule has 3 aromatic rings. The second-order valence-electron chi connectivity index (χ2n) is 11.2. The molecule has 1 aliphatic heterocycles. The van der Waals surface area contributed by atoms with Crippen molar-refractivity contribution in [3.63, 3.8) is 0 Å². The van der Waals surface area contributed by atoms with Crippen LogP contribution in [0.15, 0.2) is 41.2 Å². The van der Waals surface area contributed by atoms with Crippen molar-refractivity contribution in [2.24, 2.45) is 5.92 Å². The number of nitrogens with one attached hydrogen (secondary N) is 2. The molecule has 1 aromatic heterocycles. The van der Waals surface area contributed by atoms with E-state index in [1.165, 1.54) is 0 Å². The number of rotatable bonds is 4. The number of carbonyl (C=O) groups excluding carboxylic acids is 2.